The van der Waals surface area contributed by atoms with Crippen LogP contribution in [0.3, 0.4) is 0 Å². The zero-order valence-corrected chi connectivity index (χ0v) is 13.3. The molecule has 5 nitrogen and oxygen atoms in total. The van der Waals surface area contributed by atoms with E-state index in [0.29, 0.717) is 6.10 Å². The third-order valence-electron chi connectivity index (χ3n) is 4.17. The number of nitrogens with one attached hydrogen (secondary N) is 1. The molecule has 20 heavy (non-hydrogen) atoms. The number of unbranched alkanes of at least 4 members (excludes halogenated alkanes) is 1. The molecular weight excluding hydrogens is 256 g/mol. The minimum absolute atomic E-state index is 0.284. The molecule has 1 fully saturated rings. The summed E-state index contributed by atoms with van der Waals surface area (Å²) in [5.41, 5.74) is 4.79. The fourth-order valence-corrected chi connectivity index (χ4v) is 2.68. The van der Waals surface area contributed by atoms with E-state index in [1.54, 1.807) is 7.05 Å². The first-order valence-electron chi connectivity index (χ1n) is 7.63. The van der Waals surface area contributed by atoms with E-state index >= 15 is 0 Å². The predicted octanol–water partition coefficient (Wildman–Crippen LogP) is 1.59. The van der Waals surface area contributed by atoms with Crippen molar-refractivity contribution in [2.75, 3.05) is 13.7 Å². The third-order valence-corrected chi connectivity index (χ3v) is 4.17. The number of amides is 1. The fraction of sp³-hybridized carbons (Fsp3) is 0.933. The van der Waals surface area contributed by atoms with Crippen LogP contribution in [0.2, 0.25) is 0 Å². The summed E-state index contributed by atoms with van der Waals surface area (Å²) in [6.45, 7) is 6.77. The number of rotatable bonds is 8. The van der Waals surface area contributed by atoms with Gasteiger partial charge in [-0.2, -0.15) is 0 Å². The summed E-state index contributed by atoms with van der Waals surface area (Å²) in [7, 11) is 1.77. The molecular formula is C15H30N2O3. The minimum Gasteiger partial charge on any atom is -0.378 e. The van der Waals surface area contributed by atoms with Crippen LogP contribution in [0.4, 0.5) is 0 Å². The van der Waals surface area contributed by atoms with Crippen molar-refractivity contribution in [1.82, 2.24) is 5.32 Å². The Kier molecular flexibility index (Phi) is 6.92. The number of ether oxygens (including phenoxy) is 2. The van der Waals surface area contributed by atoms with E-state index in [1.807, 2.05) is 6.92 Å². The van der Waals surface area contributed by atoms with Crippen LogP contribution in [0.1, 0.15) is 52.9 Å². The van der Waals surface area contributed by atoms with Gasteiger partial charge in [-0.25, -0.2) is 0 Å². The van der Waals surface area contributed by atoms with Gasteiger partial charge in [-0.1, -0.05) is 0 Å². The van der Waals surface area contributed by atoms with Gasteiger partial charge in [-0.3, -0.25) is 4.79 Å². The van der Waals surface area contributed by atoms with Gasteiger partial charge in [0.05, 0.1) is 23.9 Å². The highest BCUT2D eigenvalue weighted by Gasteiger charge is 2.28. The van der Waals surface area contributed by atoms with Crippen LogP contribution in [0.15, 0.2) is 0 Å². The molecule has 0 aromatic carbocycles. The van der Waals surface area contributed by atoms with Gasteiger partial charge >= 0.3 is 0 Å². The van der Waals surface area contributed by atoms with Crippen LogP contribution in [0.5, 0.6) is 0 Å². The second kappa shape index (κ2) is 7.96. The summed E-state index contributed by atoms with van der Waals surface area (Å²) in [5, 5.41) is 3.00. The Morgan fingerprint density at radius 3 is 2.45 bits per heavy atom. The van der Waals surface area contributed by atoms with Crippen LogP contribution in [0, 0.1) is 0 Å². The van der Waals surface area contributed by atoms with Crippen molar-refractivity contribution < 1.29 is 14.3 Å². The van der Waals surface area contributed by atoms with Crippen LogP contribution >= 0.6 is 0 Å². The summed E-state index contributed by atoms with van der Waals surface area (Å²) < 4.78 is 11.6. The largest absolute Gasteiger partial charge is 0.378 e. The second-order valence-electron chi connectivity index (χ2n) is 6.12. The van der Waals surface area contributed by atoms with Gasteiger partial charge in [0.15, 0.2) is 0 Å². The lowest BCUT2D eigenvalue weighted by Crippen LogP contribution is -2.51. The molecule has 0 aromatic heterocycles. The summed E-state index contributed by atoms with van der Waals surface area (Å²) in [6, 6.07) is 0. The molecule has 1 saturated heterocycles. The summed E-state index contributed by atoms with van der Waals surface area (Å²) in [4.78, 5) is 11.4. The molecule has 0 bridgehead atoms. The number of primary amides is 1. The fourth-order valence-electron chi connectivity index (χ4n) is 2.68. The molecule has 1 rings (SSSR count). The molecule has 1 aliphatic heterocycles. The molecule has 3 atom stereocenters. The van der Waals surface area contributed by atoms with E-state index in [9.17, 15) is 4.79 Å². The van der Waals surface area contributed by atoms with Crippen molar-refractivity contribution in [3.05, 3.63) is 0 Å². The molecule has 3 N–H and O–H groups in total. The van der Waals surface area contributed by atoms with Gasteiger partial charge < -0.3 is 20.5 Å². The average molecular weight is 286 g/mol. The zero-order chi connectivity index (χ0) is 15.2. The zero-order valence-electron chi connectivity index (χ0n) is 13.3. The van der Waals surface area contributed by atoms with Crippen molar-refractivity contribution in [1.29, 1.82) is 0 Å². The summed E-state index contributed by atoms with van der Waals surface area (Å²) >= 11 is 0. The highest BCUT2D eigenvalue weighted by Crippen LogP contribution is 2.22. The smallest absolute Gasteiger partial charge is 0.237 e. The van der Waals surface area contributed by atoms with E-state index in [0.717, 1.165) is 38.7 Å². The number of likely N-dealkylation sites (N-methyl/N-ethyl adjacent to an activating group) is 1. The SMILES string of the molecule is CNC(C)(CCCCOC1CC(C)OC(C)C1)C(N)=O. The van der Waals surface area contributed by atoms with Gasteiger partial charge in [-0.15, -0.1) is 0 Å². The molecule has 0 radical (unpaired) electrons. The molecule has 5 heteroatoms. The van der Waals surface area contributed by atoms with Gasteiger partial charge in [0.1, 0.15) is 0 Å². The summed E-state index contributed by atoms with van der Waals surface area (Å²) in [6.07, 6.45) is 5.43. The van der Waals surface area contributed by atoms with Crippen molar-refractivity contribution in [2.45, 2.75) is 76.7 Å². The van der Waals surface area contributed by atoms with Gasteiger partial charge in [-0.05, 0) is 59.9 Å². The lowest BCUT2D eigenvalue weighted by molar-refractivity contribution is -0.124. The molecule has 118 valence electrons. The van der Waals surface area contributed by atoms with E-state index in [-0.39, 0.29) is 18.1 Å². The van der Waals surface area contributed by atoms with Gasteiger partial charge in [0, 0.05) is 6.61 Å². The van der Waals surface area contributed by atoms with Crippen LogP contribution in [0.25, 0.3) is 0 Å². The Hall–Kier alpha value is -0.650. The first-order valence-corrected chi connectivity index (χ1v) is 7.63. The number of carbonyl (C=O) groups excluding carboxylic acids is 1. The van der Waals surface area contributed by atoms with Crippen molar-refractivity contribution >= 4 is 5.91 Å². The molecule has 1 aliphatic rings. The average Bonchev–Trinajstić information content (AvgIpc) is 2.36. The highest BCUT2D eigenvalue weighted by atomic mass is 16.5. The van der Waals surface area contributed by atoms with E-state index < -0.39 is 5.54 Å². The Morgan fingerprint density at radius 2 is 1.95 bits per heavy atom. The molecule has 0 aromatic rings. The number of nitrogens with two attached hydrogens (primary N) is 1. The molecule has 1 amide bonds. The summed E-state index contributed by atoms with van der Waals surface area (Å²) in [5.74, 6) is -0.298. The van der Waals surface area contributed by atoms with E-state index in [2.05, 4.69) is 19.2 Å². The van der Waals surface area contributed by atoms with Crippen LogP contribution in [-0.2, 0) is 14.3 Å². The Balaban J connectivity index is 2.17. The van der Waals surface area contributed by atoms with Crippen molar-refractivity contribution in [3.63, 3.8) is 0 Å². The number of carbonyl (C=O) groups is 1. The molecule has 0 spiro atoms. The van der Waals surface area contributed by atoms with Gasteiger partial charge in [0.25, 0.3) is 0 Å². The molecule has 0 aliphatic carbocycles. The highest BCUT2D eigenvalue weighted by molar-refractivity contribution is 5.84. The number of hydrogen-bond acceptors (Lipinski definition) is 4. The maximum absolute atomic E-state index is 11.4. The minimum atomic E-state index is -0.609. The standard InChI is InChI=1S/C15H30N2O3/c1-11-9-13(10-12(2)20-11)19-8-6-5-7-15(3,17-4)14(16)18/h11-13,17H,5-10H2,1-4H3,(H2,16,18). The second-order valence-corrected chi connectivity index (χ2v) is 6.12. The lowest BCUT2D eigenvalue weighted by Gasteiger charge is -2.32. The Labute approximate surface area is 122 Å². The predicted molar refractivity (Wildman–Crippen MR) is 79.5 cm³/mol. The molecule has 3 unspecified atom stereocenters. The lowest BCUT2D eigenvalue weighted by atomic mass is 9.94. The molecule has 1 heterocycles. The maximum atomic E-state index is 11.4. The normalized spacial score (nSPS) is 29.9. The Morgan fingerprint density at radius 1 is 1.35 bits per heavy atom. The quantitative estimate of drug-likeness (QED) is 0.665. The maximum Gasteiger partial charge on any atom is 0.237 e. The van der Waals surface area contributed by atoms with Crippen LogP contribution in [-0.4, -0.2) is 43.4 Å². The van der Waals surface area contributed by atoms with E-state index in [1.165, 1.54) is 0 Å². The topological polar surface area (TPSA) is 73.6 Å². The van der Waals surface area contributed by atoms with Crippen molar-refractivity contribution in [3.8, 4) is 0 Å². The molecule has 0 saturated carbocycles. The first-order chi connectivity index (χ1) is 9.37. The van der Waals surface area contributed by atoms with Crippen molar-refractivity contribution in [2.24, 2.45) is 5.73 Å². The van der Waals surface area contributed by atoms with Gasteiger partial charge in [0.2, 0.25) is 5.91 Å². The van der Waals surface area contributed by atoms with Crippen LogP contribution < -0.4 is 11.1 Å². The number of hydrogen-bond donors (Lipinski definition) is 2. The monoisotopic (exact) mass is 286 g/mol. The first kappa shape index (κ1) is 17.4. The third kappa shape index (κ3) is 5.38. The Bertz CT molecular complexity index is 301. The van der Waals surface area contributed by atoms with E-state index in [4.69, 9.17) is 15.2 Å².